The van der Waals surface area contributed by atoms with Crippen LogP contribution in [0.5, 0.6) is 0 Å². The number of β-amino-alcohol motifs (C(OH)–C–C–N with tert-alkyl or cyclic N) is 1. The molecule has 0 bridgehead atoms. The SMILES string of the molecule is CC1CN(C)CCN1CC(O)c1cc(Cl)ccc1Cl. The summed E-state index contributed by atoms with van der Waals surface area (Å²) in [7, 11) is 2.12. The zero-order valence-electron chi connectivity index (χ0n) is 11.3. The quantitative estimate of drug-likeness (QED) is 0.930. The molecule has 0 spiro atoms. The molecule has 3 nitrogen and oxygen atoms in total. The lowest BCUT2D eigenvalue weighted by molar-refractivity contribution is 0.0474. The first-order valence-corrected chi connectivity index (χ1v) is 7.28. The molecular weight excluding hydrogens is 283 g/mol. The van der Waals surface area contributed by atoms with Crippen LogP contribution in [0.1, 0.15) is 18.6 Å². The number of aliphatic hydroxyl groups is 1. The van der Waals surface area contributed by atoms with E-state index in [1.165, 1.54) is 0 Å². The van der Waals surface area contributed by atoms with E-state index >= 15 is 0 Å². The Labute approximate surface area is 124 Å². The summed E-state index contributed by atoms with van der Waals surface area (Å²) in [4.78, 5) is 4.60. The molecule has 5 heteroatoms. The van der Waals surface area contributed by atoms with Gasteiger partial charge in [0.1, 0.15) is 0 Å². The maximum absolute atomic E-state index is 10.4. The minimum absolute atomic E-state index is 0.436. The zero-order chi connectivity index (χ0) is 14.0. The molecule has 1 aromatic rings. The van der Waals surface area contributed by atoms with Gasteiger partial charge in [-0.1, -0.05) is 23.2 Å². The van der Waals surface area contributed by atoms with E-state index in [4.69, 9.17) is 23.2 Å². The summed E-state index contributed by atoms with van der Waals surface area (Å²) in [6.45, 7) is 5.79. The standard InChI is InChI=1S/C14H20Cl2N2O/c1-10-8-17(2)5-6-18(10)9-14(19)12-7-11(15)3-4-13(12)16/h3-4,7,10,14,19H,5-6,8-9H2,1-2H3. The van der Waals surface area contributed by atoms with Crippen molar-refractivity contribution in [3.63, 3.8) is 0 Å². The van der Waals surface area contributed by atoms with Crippen molar-refractivity contribution in [2.75, 3.05) is 33.2 Å². The van der Waals surface area contributed by atoms with E-state index in [-0.39, 0.29) is 0 Å². The van der Waals surface area contributed by atoms with Crippen molar-refractivity contribution < 1.29 is 5.11 Å². The van der Waals surface area contributed by atoms with Crippen molar-refractivity contribution in [2.24, 2.45) is 0 Å². The Kier molecular flexibility index (Phi) is 5.09. The van der Waals surface area contributed by atoms with Crippen molar-refractivity contribution in [1.29, 1.82) is 0 Å². The van der Waals surface area contributed by atoms with E-state index in [1.54, 1.807) is 18.2 Å². The predicted octanol–water partition coefficient (Wildman–Crippen LogP) is 2.66. The Balaban J connectivity index is 2.04. The summed E-state index contributed by atoms with van der Waals surface area (Å²) < 4.78 is 0. The molecule has 1 saturated heterocycles. The number of hydrogen-bond donors (Lipinski definition) is 1. The first-order chi connectivity index (χ1) is 8.97. The van der Waals surface area contributed by atoms with Gasteiger partial charge in [-0.2, -0.15) is 0 Å². The van der Waals surface area contributed by atoms with Gasteiger partial charge in [0.25, 0.3) is 0 Å². The minimum atomic E-state index is -0.600. The summed E-state index contributed by atoms with van der Waals surface area (Å²) >= 11 is 12.1. The van der Waals surface area contributed by atoms with Gasteiger partial charge >= 0.3 is 0 Å². The minimum Gasteiger partial charge on any atom is -0.387 e. The Morgan fingerprint density at radius 2 is 2.11 bits per heavy atom. The molecule has 2 unspecified atom stereocenters. The van der Waals surface area contributed by atoms with Gasteiger partial charge in [-0.3, -0.25) is 4.90 Å². The molecule has 0 saturated carbocycles. The fourth-order valence-corrected chi connectivity index (χ4v) is 2.96. The highest BCUT2D eigenvalue weighted by atomic mass is 35.5. The molecule has 1 aromatic carbocycles. The fraction of sp³-hybridized carbons (Fsp3) is 0.571. The third-order valence-electron chi connectivity index (χ3n) is 3.69. The lowest BCUT2D eigenvalue weighted by Gasteiger charge is -2.39. The van der Waals surface area contributed by atoms with Gasteiger partial charge in [-0.25, -0.2) is 0 Å². The molecule has 19 heavy (non-hydrogen) atoms. The fourth-order valence-electron chi connectivity index (χ4n) is 2.54. The van der Waals surface area contributed by atoms with Gasteiger partial charge in [0.05, 0.1) is 6.10 Å². The lowest BCUT2D eigenvalue weighted by atomic mass is 10.1. The zero-order valence-corrected chi connectivity index (χ0v) is 12.8. The van der Waals surface area contributed by atoms with Crippen LogP contribution < -0.4 is 0 Å². The van der Waals surface area contributed by atoms with Gasteiger partial charge in [-0.05, 0) is 32.2 Å². The molecule has 0 amide bonds. The second kappa shape index (κ2) is 6.42. The molecular formula is C14H20Cl2N2O. The van der Waals surface area contributed by atoms with E-state index in [9.17, 15) is 5.11 Å². The van der Waals surface area contributed by atoms with Crippen molar-refractivity contribution in [3.8, 4) is 0 Å². The number of nitrogens with zero attached hydrogens (tertiary/aromatic N) is 2. The number of hydrogen-bond acceptors (Lipinski definition) is 3. The molecule has 1 fully saturated rings. The Morgan fingerprint density at radius 3 is 2.79 bits per heavy atom. The monoisotopic (exact) mass is 302 g/mol. The number of benzene rings is 1. The first kappa shape index (κ1) is 15.1. The van der Waals surface area contributed by atoms with E-state index in [1.807, 2.05) is 0 Å². The third-order valence-corrected chi connectivity index (χ3v) is 4.27. The average Bonchev–Trinajstić information content (AvgIpc) is 2.35. The van der Waals surface area contributed by atoms with E-state index in [0.29, 0.717) is 28.2 Å². The topological polar surface area (TPSA) is 26.7 Å². The van der Waals surface area contributed by atoms with Crippen LogP contribution in [0.25, 0.3) is 0 Å². The molecule has 1 N–H and O–H groups in total. The second-order valence-corrected chi connectivity index (χ2v) is 6.13. The van der Waals surface area contributed by atoms with Crippen LogP contribution in [0.2, 0.25) is 10.0 Å². The number of piperazine rings is 1. The molecule has 1 aliphatic rings. The third kappa shape index (κ3) is 3.83. The molecule has 0 aromatic heterocycles. The van der Waals surface area contributed by atoms with Gasteiger partial charge in [0.2, 0.25) is 0 Å². The van der Waals surface area contributed by atoms with Gasteiger partial charge in [-0.15, -0.1) is 0 Å². The van der Waals surface area contributed by atoms with Crippen LogP contribution in [0.4, 0.5) is 0 Å². The predicted molar refractivity (Wildman–Crippen MR) is 80.0 cm³/mol. The van der Waals surface area contributed by atoms with Crippen molar-refractivity contribution in [2.45, 2.75) is 19.1 Å². The molecule has 106 valence electrons. The maximum atomic E-state index is 10.4. The van der Waals surface area contributed by atoms with Crippen LogP contribution in [-0.2, 0) is 0 Å². The largest absolute Gasteiger partial charge is 0.387 e. The number of likely N-dealkylation sites (N-methyl/N-ethyl adjacent to an activating group) is 1. The molecule has 1 aliphatic heterocycles. The Morgan fingerprint density at radius 1 is 1.37 bits per heavy atom. The summed E-state index contributed by atoms with van der Waals surface area (Å²) in [6.07, 6.45) is -0.600. The maximum Gasteiger partial charge on any atom is 0.0931 e. The highest BCUT2D eigenvalue weighted by Crippen LogP contribution is 2.27. The van der Waals surface area contributed by atoms with Crippen LogP contribution in [0, 0.1) is 0 Å². The van der Waals surface area contributed by atoms with Crippen molar-refractivity contribution in [1.82, 2.24) is 9.80 Å². The molecule has 2 rings (SSSR count). The second-order valence-electron chi connectivity index (χ2n) is 5.29. The van der Waals surface area contributed by atoms with Crippen LogP contribution in [0.15, 0.2) is 18.2 Å². The van der Waals surface area contributed by atoms with Gasteiger partial charge in [0.15, 0.2) is 0 Å². The smallest absolute Gasteiger partial charge is 0.0931 e. The number of aliphatic hydroxyl groups excluding tert-OH is 1. The first-order valence-electron chi connectivity index (χ1n) is 6.53. The highest BCUT2D eigenvalue weighted by Gasteiger charge is 2.24. The van der Waals surface area contributed by atoms with Crippen LogP contribution in [0.3, 0.4) is 0 Å². The van der Waals surface area contributed by atoms with E-state index < -0.39 is 6.10 Å². The van der Waals surface area contributed by atoms with Crippen LogP contribution >= 0.6 is 23.2 Å². The number of rotatable bonds is 3. The van der Waals surface area contributed by atoms with E-state index in [0.717, 1.165) is 19.6 Å². The van der Waals surface area contributed by atoms with Gasteiger partial charge in [0, 0.05) is 47.8 Å². The highest BCUT2D eigenvalue weighted by molar-refractivity contribution is 6.33. The molecule has 2 atom stereocenters. The lowest BCUT2D eigenvalue weighted by Crippen LogP contribution is -2.51. The van der Waals surface area contributed by atoms with Crippen molar-refractivity contribution >= 4 is 23.2 Å². The van der Waals surface area contributed by atoms with Crippen molar-refractivity contribution in [3.05, 3.63) is 33.8 Å². The number of halogens is 2. The average molecular weight is 303 g/mol. The van der Waals surface area contributed by atoms with Gasteiger partial charge < -0.3 is 10.0 Å². The summed E-state index contributed by atoms with van der Waals surface area (Å²) in [5.74, 6) is 0. The normalized spacial score (nSPS) is 23.5. The molecule has 0 radical (unpaired) electrons. The molecule has 0 aliphatic carbocycles. The van der Waals surface area contributed by atoms with E-state index in [2.05, 4.69) is 23.8 Å². The molecule has 1 heterocycles. The summed E-state index contributed by atoms with van der Waals surface area (Å²) in [5, 5.41) is 11.5. The van der Waals surface area contributed by atoms with Crippen LogP contribution in [-0.4, -0.2) is 54.2 Å². The summed E-state index contributed by atoms with van der Waals surface area (Å²) in [5.41, 5.74) is 0.709. The Bertz CT molecular complexity index is 441. The summed E-state index contributed by atoms with van der Waals surface area (Å²) in [6, 6.07) is 5.65. The Hall–Kier alpha value is -0.320.